The van der Waals surface area contributed by atoms with Gasteiger partial charge in [-0.25, -0.2) is 0 Å². The zero-order valence-electron chi connectivity index (χ0n) is 11.5. The first-order chi connectivity index (χ1) is 9.24. The number of nitrogens with two attached hydrogens (primary N) is 1. The molecule has 1 fully saturated rings. The Bertz CT molecular complexity index is 441. The first kappa shape index (κ1) is 13.9. The third-order valence-corrected chi connectivity index (χ3v) is 3.98. The normalized spacial score (nSPS) is 16.6. The number of hydrogen-bond acceptors (Lipinski definition) is 3. The quantitative estimate of drug-likeness (QED) is 0.358. The fraction of sp³-hybridized carbons (Fsp3) is 0.533. The molecule has 0 bridgehead atoms. The summed E-state index contributed by atoms with van der Waals surface area (Å²) in [4.78, 5) is 2.44. The molecule has 1 aromatic rings. The zero-order chi connectivity index (χ0) is 13.7. The van der Waals surface area contributed by atoms with E-state index in [0.717, 1.165) is 36.7 Å². The highest BCUT2D eigenvalue weighted by Crippen LogP contribution is 2.27. The second-order valence-electron chi connectivity index (χ2n) is 5.27. The number of amidine groups is 1. The summed E-state index contributed by atoms with van der Waals surface area (Å²) in [6.45, 7) is 5.23. The van der Waals surface area contributed by atoms with Crippen molar-refractivity contribution in [2.24, 2.45) is 16.8 Å². The van der Waals surface area contributed by atoms with Gasteiger partial charge < -0.3 is 10.9 Å². The molecule has 2 rings (SSSR count). The van der Waals surface area contributed by atoms with Gasteiger partial charge >= 0.3 is 0 Å². The molecule has 1 saturated carbocycles. The maximum absolute atomic E-state index is 8.85. The minimum Gasteiger partial charge on any atom is -0.409 e. The lowest BCUT2D eigenvalue weighted by molar-refractivity contribution is 0.178. The van der Waals surface area contributed by atoms with E-state index in [-0.39, 0.29) is 5.84 Å². The minimum absolute atomic E-state index is 0.190. The zero-order valence-corrected chi connectivity index (χ0v) is 11.5. The van der Waals surface area contributed by atoms with Gasteiger partial charge in [-0.3, -0.25) is 4.90 Å². The molecule has 4 heteroatoms. The number of nitrogens with zero attached hydrogens (tertiary/aromatic N) is 2. The summed E-state index contributed by atoms with van der Waals surface area (Å²) in [7, 11) is 0. The molecule has 19 heavy (non-hydrogen) atoms. The highest BCUT2D eigenvalue weighted by molar-refractivity contribution is 5.98. The minimum atomic E-state index is 0.190. The van der Waals surface area contributed by atoms with Gasteiger partial charge in [-0.05, 0) is 30.9 Å². The third-order valence-electron chi connectivity index (χ3n) is 3.98. The van der Waals surface area contributed by atoms with E-state index < -0.39 is 0 Å². The second kappa shape index (κ2) is 6.57. The van der Waals surface area contributed by atoms with Gasteiger partial charge in [-0.1, -0.05) is 42.8 Å². The average molecular weight is 261 g/mol. The lowest BCUT2D eigenvalue weighted by Crippen LogP contribution is -2.32. The van der Waals surface area contributed by atoms with Gasteiger partial charge in [-0.2, -0.15) is 0 Å². The maximum atomic E-state index is 8.85. The van der Waals surface area contributed by atoms with Crippen molar-refractivity contribution in [3.8, 4) is 0 Å². The van der Waals surface area contributed by atoms with Crippen LogP contribution in [0.4, 0.5) is 0 Å². The topological polar surface area (TPSA) is 61.8 Å². The Hall–Kier alpha value is -1.55. The van der Waals surface area contributed by atoms with Crippen LogP contribution in [0, 0.1) is 5.92 Å². The van der Waals surface area contributed by atoms with Crippen molar-refractivity contribution >= 4 is 5.84 Å². The monoisotopic (exact) mass is 261 g/mol. The van der Waals surface area contributed by atoms with Crippen molar-refractivity contribution in [2.75, 3.05) is 13.1 Å². The first-order valence-electron chi connectivity index (χ1n) is 7.02. The highest BCUT2D eigenvalue weighted by atomic mass is 16.4. The lowest BCUT2D eigenvalue weighted by atomic mass is 9.85. The van der Waals surface area contributed by atoms with Crippen LogP contribution in [0.1, 0.15) is 37.3 Å². The summed E-state index contributed by atoms with van der Waals surface area (Å²) in [6.07, 6.45) is 4.10. The molecule has 0 aromatic heterocycles. The van der Waals surface area contributed by atoms with Crippen molar-refractivity contribution in [2.45, 2.75) is 32.7 Å². The molecule has 3 N–H and O–H groups in total. The molecule has 104 valence electrons. The summed E-state index contributed by atoms with van der Waals surface area (Å²) in [5, 5.41) is 12.0. The van der Waals surface area contributed by atoms with Gasteiger partial charge in [0.1, 0.15) is 0 Å². The molecule has 0 saturated heterocycles. The molecule has 1 aliphatic rings. The van der Waals surface area contributed by atoms with Gasteiger partial charge in [-0.15, -0.1) is 0 Å². The third kappa shape index (κ3) is 3.47. The molecule has 0 atom stereocenters. The average Bonchev–Trinajstić information content (AvgIpc) is 2.41. The van der Waals surface area contributed by atoms with E-state index in [0.29, 0.717) is 0 Å². The van der Waals surface area contributed by atoms with Crippen molar-refractivity contribution < 1.29 is 5.21 Å². The lowest BCUT2D eigenvalue weighted by Gasteiger charge is -2.32. The SMILES string of the molecule is CCN(Cc1ccccc1/C(N)=N/O)CC1CCC1. The number of benzene rings is 1. The molecule has 1 aromatic carbocycles. The Labute approximate surface area is 114 Å². The van der Waals surface area contributed by atoms with Crippen LogP contribution < -0.4 is 5.73 Å². The van der Waals surface area contributed by atoms with Gasteiger partial charge in [0.05, 0.1) is 0 Å². The van der Waals surface area contributed by atoms with Crippen molar-refractivity contribution in [3.63, 3.8) is 0 Å². The van der Waals surface area contributed by atoms with E-state index in [1.54, 1.807) is 0 Å². The van der Waals surface area contributed by atoms with Crippen LogP contribution in [-0.2, 0) is 6.54 Å². The standard InChI is InChI=1S/C15H23N3O/c1-2-18(10-12-6-5-7-12)11-13-8-3-4-9-14(13)15(16)17-19/h3-4,8-9,12,19H,2,5-7,10-11H2,1H3,(H2,16,17). The van der Waals surface area contributed by atoms with E-state index in [2.05, 4.69) is 23.0 Å². The molecule has 0 aliphatic heterocycles. The summed E-state index contributed by atoms with van der Waals surface area (Å²) in [5.74, 6) is 1.05. The van der Waals surface area contributed by atoms with E-state index in [1.807, 2.05) is 18.2 Å². The smallest absolute Gasteiger partial charge is 0.170 e. The number of hydrogen-bond donors (Lipinski definition) is 2. The van der Waals surface area contributed by atoms with E-state index in [1.165, 1.54) is 19.3 Å². The Kier molecular flexibility index (Phi) is 4.80. The predicted octanol–water partition coefficient (Wildman–Crippen LogP) is 2.40. The molecule has 0 amide bonds. The first-order valence-corrected chi connectivity index (χ1v) is 7.02. The summed E-state index contributed by atoms with van der Waals surface area (Å²) >= 11 is 0. The fourth-order valence-corrected chi connectivity index (χ4v) is 2.55. The largest absolute Gasteiger partial charge is 0.409 e. The van der Waals surface area contributed by atoms with Crippen molar-refractivity contribution in [1.29, 1.82) is 0 Å². The molecule has 0 spiro atoms. The molecule has 4 nitrogen and oxygen atoms in total. The van der Waals surface area contributed by atoms with Crippen LogP contribution in [0.15, 0.2) is 29.4 Å². The second-order valence-corrected chi connectivity index (χ2v) is 5.27. The van der Waals surface area contributed by atoms with Crippen molar-refractivity contribution in [3.05, 3.63) is 35.4 Å². The van der Waals surface area contributed by atoms with Gasteiger partial charge in [0.15, 0.2) is 5.84 Å². The summed E-state index contributed by atoms with van der Waals surface area (Å²) in [5.41, 5.74) is 7.69. The summed E-state index contributed by atoms with van der Waals surface area (Å²) < 4.78 is 0. The fourth-order valence-electron chi connectivity index (χ4n) is 2.55. The van der Waals surface area contributed by atoms with Crippen LogP contribution in [0.2, 0.25) is 0 Å². The van der Waals surface area contributed by atoms with Crippen LogP contribution in [0.3, 0.4) is 0 Å². The van der Waals surface area contributed by atoms with Crippen molar-refractivity contribution in [1.82, 2.24) is 4.90 Å². The van der Waals surface area contributed by atoms with Gasteiger partial charge in [0, 0.05) is 18.7 Å². The van der Waals surface area contributed by atoms with Gasteiger partial charge in [0.2, 0.25) is 0 Å². The van der Waals surface area contributed by atoms with Crippen LogP contribution >= 0.6 is 0 Å². The van der Waals surface area contributed by atoms with Crippen LogP contribution in [0.5, 0.6) is 0 Å². The Morgan fingerprint density at radius 1 is 1.42 bits per heavy atom. The van der Waals surface area contributed by atoms with Crippen LogP contribution in [0.25, 0.3) is 0 Å². The van der Waals surface area contributed by atoms with Crippen LogP contribution in [-0.4, -0.2) is 29.0 Å². The maximum Gasteiger partial charge on any atom is 0.170 e. The molecule has 0 heterocycles. The molecule has 1 aliphatic carbocycles. The molecular formula is C15H23N3O. The van der Waals surface area contributed by atoms with E-state index in [9.17, 15) is 0 Å². The Morgan fingerprint density at radius 3 is 2.74 bits per heavy atom. The molecule has 0 unspecified atom stereocenters. The van der Waals surface area contributed by atoms with E-state index in [4.69, 9.17) is 10.9 Å². The number of rotatable bonds is 6. The molecule has 0 radical (unpaired) electrons. The predicted molar refractivity (Wildman–Crippen MR) is 77.2 cm³/mol. The van der Waals surface area contributed by atoms with E-state index >= 15 is 0 Å². The highest BCUT2D eigenvalue weighted by Gasteiger charge is 2.20. The molecular weight excluding hydrogens is 238 g/mol. The number of oxime groups is 1. The summed E-state index contributed by atoms with van der Waals surface area (Å²) in [6, 6.07) is 7.87. The Balaban J connectivity index is 2.07. The van der Waals surface area contributed by atoms with Gasteiger partial charge in [0.25, 0.3) is 0 Å². The Morgan fingerprint density at radius 2 is 2.16 bits per heavy atom.